The van der Waals surface area contributed by atoms with Gasteiger partial charge in [-0.3, -0.25) is 9.48 Å². The molecule has 1 unspecified atom stereocenters. The minimum absolute atomic E-state index is 0.0454. The van der Waals surface area contributed by atoms with Gasteiger partial charge in [0.05, 0.1) is 18.8 Å². The first-order valence-corrected chi connectivity index (χ1v) is 8.71. The summed E-state index contributed by atoms with van der Waals surface area (Å²) in [5.41, 5.74) is 5.60. The van der Waals surface area contributed by atoms with Crippen molar-refractivity contribution in [3.63, 3.8) is 0 Å². The average Bonchev–Trinajstić information content (AvgIpc) is 3.08. The van der Waals surface area contributed by atoms with Crippen molar-refractivity contribution in [3.8, 4) is 0 Å². The number of carbonyl (C=O) groups excluding carboxylic acids is 1. The van der Waals surface area contributed by atoms with Gasteiger partial charge in [0.2, 0.25) is 0 Å². The monoisotopic (exact) mass is 347 g/mol. The van der Waals surface area contributed by atoms with E-state index in [4.69, 9.17) is 4.74 Å². The van der Waals surface area contributed by atoms with Crippen LogP contribution in [-0.4, -0.2) is 15.7 Å². The van der Waals surface area contributed by atoms with Crippen molar-refractivity contribution in [3.05, 3.63) is 82.7 Å². The number of fused-ring (bicyclic) bond motifs is 1. The van der Waals surface area contributed by atoms with Crippen molar-refractivity contribution in [1.29, 1.82) is 0 Å². The second kappa shape index (κ2) is 6.77. The molecule has 5 nitrogen and oxygen atoms in total. The van der Waals surface area contributed by atoms with E-state index in [-0.39, 0.29) is 12.0 Å². The van der Waals surface area contributed by atoms with Gasteiger partial charge in [0.15, 0.2) is 5.69 Å². The van der Waals surface area contributed by atoms with E-state index in [0.29, 0.717) is 18.8 Å². The molecule has 0 bridgehead atoms. The van der Waals surface area contributed by atoms with Crippen LogP contribution in [0, 0.1) is 13.8 Å². The van der Waals surface area contributed by atoms with E-state index >= 15 is 0 Å². The number of hydrogen-bond acceptors (Lipinski definition) is 3. The van der Waals surface area contributed by atoms with Gasteiger partial charge in [-0.05, 0) is 37.6 Å². The lowest BCUT2D eigenvalue weighted by Crippen LogP contribution is -2.22. The lowest BCUT2D eigenvalue weighted by atomic mass is 10.1. The van der Waals surface area contributed by atoms with Gasteiger partial charge in [-0.1, -0.05) is 47.5 Å². The number of aryl methyl sites for hydroxylation is 2. The molecule has 1 amide bonds. The van der Waals surface area contributed by atoms with Crippen LogP contribution in [0.15, 0.2) is 54.6 Å². The average molecular weight is 347 g/mol. The van der Waals surface area contributed by atoms with E-state index in [0.717, 1.165) is 22.5 Å². The molecule has 132 valence electrons. The highest BCUT2D eigenvalue weighted by molar-refractivity contribution is 6.02. The van der Waals surface area contributed by atoms with E-state index in [2.05, 4.69) is 41.6 Å². The Balaban J connectivity index is 1.49. The Kier molecular flexibility index (Phi) is 4.31. The number of amides is 1. The highest BCUT2D eigenvalue weighted by Crippen LogP contribution is 2.27. The molecule has 1 N–H and O–H groups in total. The Morgan fingerprint density at radius 3 is 2.42 bits per heavy atom. The van der Waals surface area contributed by atoms with Crippen molar-refractivity contribution in [2.75, 3.05) is 5.32 Å². The highest BCUT2D eigenvalue weighted by atomic mass is 16.5. The molecule has 0 aliphatic carbocycles. The van der Waals surface area contributed by atoms with Gasteiger partial charge in [-0.15, -0.1) is 0 Å². The summed E-state index contributed by atoms with van der Waals surface area (Å²) in [6, 6.07) is 17.8. The van der Waals surface area contributed by atoms with Gasteiger partial charge >= 0.3 is 0 Å². The summed E-state index contributed by atoms with van der Waals surface area (Å²) in [4.78, 5) is 12.5. The molecular weight excluding hydrogens is 326 g/mol. The summed E-state index contributed by atoms with van der Waals surface area (Å²) in [5.74, 6) is -0.206. The molecule has 0 radical (unpaired) electrons. The maximum absolute atomic E-state index is 12.5. The maximum atomic E-state index is 12.5. The van der Waals surface area contributed by atoms with Gasteiger partial charge in [0.25, 0.3) is 5.91 Å². The number of nitrogens with zero attached hydrogens (tertiary/aromatic N) is 2. The molecule has 26 heavy (non-hydrogen) atoms. The Morgan fingerprint density at radius 1 is 1.08 bits per heavy atom. The summed E-state index contributed by atoms with van der Waals surface area (Å²) in [7, 11) is 0. The second-order valence-electron chi connectivity index (χ2n) is 6.73. The molecule has 3 aromatic rings. The largest absolute Gasteiger partial charge is 0.365 e. The molecule has 0 spiro atoms. The van der Waals surface area contributed by atoms with E-state index in [1.54, 1.807) is 6.07 Å². The van der Waals surface area contributed by atoms with Crippen molar-refractivity contribution in [2.24, 2.45) is 0 Å². The summed E-state index contributed by atoms with van der Waals surface area (Å²) in [6.45, 7) is 5.13. The fraction of sp³-hybridized carbons (Fsp3) is 0.238. The molecule has 0 saturated carbocycles. The summed E-state index contributed by atoms with van der Waals surface area (Å²) in [5, 5.41) is 7.37. The molecule has 0 fully saturated rings. The molecule has 0 saturated heterocycles. The van der Waals surface area contributed by atoms with Crippen LogP contribution in [0.1, 0.15) is 39.0 Å². The third-order valence-corrected chi connectivity index (χ3v) is 4.63. The second-order valence-corrected chi connectivity index (χ2v) is 6.73. The number of ether oxygens (including phenoxy) is 1. The van der Waals surface area contributed by atoms with E-state index < -0.39 is 0 Å². The van der Waals surface area contributed by atoms with Crippen LogP contribution in [0.25, 0.3) is 0 Å². The highest BCUT2D eigenvalue weighted by Gasteiger charge is 2.24. The Bertz CT molecular complexity index is 927. The molecule has 5 heteroatoms. The topological polar surface area (TPSA) is 56.2 Å². The zero-order valence-corrected chi connectivity index (χ0v) is 14.9. The number of benzene rings is 2. The van der Waals surface area contributed by atoms with E-state index in [1.807, 2.05) is 35.9 Å². The lowest BCUT2D eigenvalue weighted by Gasteiger charge is -2.24. The molecule has 1 atom stereocenters. The van der Waals surface area contributed by atoms with Gasteiger partial charge in [-0.25, -0.2) is 0 Å². The maximum Gasteiger partial charge on any atom is 0.276 e. The summed E-state index contributed by atoms with van der Waals surface area (Å²) in [6.07, 6.45) is -0.0454. The zero-order valence-electron chi connectivity index (χ0n) is 14.9. The predicted molar refractivity (Wildman–Crippen MR) is 100 cm³/mol. The van der Waals surface area contributed by atoms with Crippen LogP contribution in [0.4, 0.5) is 5.69 Å². The Morgan fingerprint density at radius 2 is 1.73 bits per heavy atom. The minimum Gasteiger partial charge on any atom is -0.365 e. The number of rotatable bonds is 3. The molecule has 1 aliphatic heterocycles. The first-order valence-electron chi connectivity index (χ1n) is 8.71. The quantitative estimate of drug-likeness (QED) is 0.778. The minimum atomic E-state index is -0.206. The number of anilines is 1. The fourth-order valence-corrected chi connectivity index (χ4v) is 3.05. The predicted octanol–water partition coefficient (Wildman–Crippen LogP) is 4.02. The molecule has 4 rings (SSSR count). The number of aromatic nitrogens is 2. The van der Waals surface area contributed by atoms with E-state index in [9.17, 15) is 4.79 Å². The first kappa shape index (κ1) is 16.5. The van der Waals surface area contributed by atoms with Gasteiger partial charge in [-0.2, -0.15) is 5.10 Å². The molecule has 2 aromatic carbocycles. The van der Waals surface area contributed by atoms with Crippen LogP contribution >= 0.6 is 0 Å². The molecule has 2 heterocycles. The van der Waals surface area contributed by atoms with Crippen molar-refractivity contribution in [2.45, 2.75) is 33.1 Å². The van der Waals surface area contributed by atoms with Gasteiger partial charge in [0, 0.05) is 5.69 Å². The standard InChI is InChI=1S/C21H21N3O2/c1-14-3-7-16(8-4-14)20-12-24-18(13-26-20)11-19(23-24)21(25)22-17-9-5-15(2)6-10-17/h3-11,20H,12-13H2,1-2H3,(H,22,25). The summed E-state index contributed by atoms with van der Waals surface area (Å²) >= 11 is 0. The van der Waals surface area contributed by atoms with Crippen LogP contribution in [0.2, 0.25) is 0 Å². The summed E-state index contributed by atoms with van der Waals surface area (Å²) < 4.78 is 7.84. The lowest BCUT2D eigenvalue weighted by molar-refractivity contribution is -0.00119. The van der Waals surface area contributed by atoms with Crippen LogP contribution in [-0.2, 0) is 17.9 Å². The molecule has 1 aromatic heterocycles. The van der Waals surface area contributed by atoms with Crippen LogP contribution < -0.4 is 5.32 Å². The molecular formula is C21H21N3O2. The normalized spacial score (nSPS) is 16.2. The zero-order chi connectivity index (χ0) is 18.1. The Hall–Kier alpha value is -2.92. The van der Waals surface area contributed by atoms with Gasteiger partial charge < -0.3 is 10.1 Å². The number of nitrogens with one attached hydrogen (secondary N) is 1. The Labute approximate surface area is 152 Å². The first-order chi connectivity index (χ1) is 12.6. The fourth-order valence-electron chi connectivity index (χ4n) is 3.05. The smallest absolute Gasteiger partial charge is 0.276 e. The number of hydrogen-bond donors (Lipinski definition) is 1. The molecule has 1 aliphatic rings. The van der Waals surface area contributed by atoms with E-state index in [1.165, 1.54) is 5.56 Å². The van der Waals surface area contributed by atoms with Crippen molar-refractivity contribution >= 4 is 11.6 Å². The third kappa shape index (κ3) is 3.39. The SMILES string of the molecule is Cc1ccc(NC(=O)c2cc3n(n2)CC(c2ccc(C)cc2)OC3)cc1. The van der Waals surface area contributed by atoms with Gasteiger partial charge in [0.1, 0.15) is 6.10 Å². The van der Waals surface area contributed by atoms with Crippen molar-refractivity contribution < 1.29 is 9.53 Å². The number of carbonyl (C=O) groups is 1. The van der Waals surface area contributed by atoms with Crippen LogP contribution in [0.5, 0.6) is 0 Å². The third-order valence-electron chi connectivity index (χ3n) is 4.63. The van der Waals surface area contributed by atoms with Crippen molar-refractivity contribution in [1.82, 2.24) is 9.78 Å². The van der Waals surface area contributed by atoms with Crippen LogP contribution in [0.3, 0.4) is 0 Å².